The number of rotatable bonds is 4. The highest BCUT2D eigenvalue weighted by atomic mass is 19.4. The third-order valence-corrected chi connectivity index (χ3v) is 4.16. The van der Waals surface area contributed by atoms with E-state index in [1.165, 1.54) is 6.20 Å². The van der Waals surface area contributed by atoms with Gasteiger partial charge in [0.05, 0.1) is 18.5 Å². The molecule has 0 aromatic carbocycles. The molecule has 0 bridgehead atoms. The van der Waals surface area contributed by atoms with Gasteiger partial charge in [0.2, 0.25) is 0 Å². The Morgan fingerprint density at radius 2 is 2.07 bits per heavy atom. The minimum atomic E-state index is -5.08. The van der Waals surface area contributed by atoms with Gasteiger partial charge in [0.15, 0.2) is 0 Å². The number of hydrogen-bond acceptors (Lipinski definition) is 6. The van der Waals surface area contributed by atoms with E-state index in [1.54, 1.807) is 11.6 Å². The monoisotopic (exact) mass is 418 g/mol. The van der Waals surface area contributed by atoms with Gasteiger partial charge in [-0.15, -0.1) is 0 Å². The summed E-state index contributed by atoms with van der Waals surface area (Å²) in [6.07, 6.45) is -1.64. The number of ether oxygens (including phenoxy) is 1. The summed E-state index contributed by atoms with van der Waals surface area (Å²) in [6, 6.07) is 0. The van der Waals surface area contributed by atoms with E-state index < -0.39 is 12.1 Å². The van der Waals surface area contributed by atoms with Gasteiger partial charge in [-0.1, -0.05) is 5.16 Å². The van der Waals surface area contributed by atoms with Crippen LogP contribution in [0.25, 0.3) is 0 Å². The van der Waals surface area contributed by atoms with Gasteiger partial charge in [0, 0.05) is 44.4 Å². The van der Waals surface area contributed by atoms with Crippen LogP contribution < -0.4 is 0 Å². The molecular formula is C17H21F3N4O5. The van der Waals surface area contributed by atoms with Crippen molar-refractivity contribution in [2.24, 2.45) is 7.05 Å². The van der Waals surface area contributed by atoms with Crippen molar-refractivity contribution in [2.75, 3.05) is 19.8 Å². The molecule has 9 nitrogen and oxygen atoms in total. The Morgan fingerprint density at radius 3 is 2.59 bits per heavy atom. The van der Waals surface area contributed by atoms with Crippen molar-refractivity contribution >= 4 is 11.9 Å². The number of carboxylic acid groups (broad SMARTS) is 1. The molecule has 0 spiro atoms. The minimum Gasteiger partial charge on any atom is -0.475 e. The SMILES string of the molecule is CCOCC1CN(C(=O)c2cnoc2C)Cc2cn(C)nc21.O=C(O)C(F)(F)F. The number of amides is 1. The number of carbonyl (C=O) groups excluding carboxylic acids is 1. The summed E-state index contributed by atoms with van der Waals surface area (Å²) in [4.78, 5) is 23.4. The Kier molecular flexibility index (Phi) is 7.01. The first-order valence-electron chi connectivity index (χ1n) is 8.65. The molecule has 12 heteroatoms. The standard InChI is InChI=1S/C15H20N4O3.C2HF3O2/c1-4-21-9-12-8-19(7-11-6-18(3)17-14(11)12)15(20)13-5-16-22-10(13)2;3-2(4,5)1(6)7/h5-6,12H,4,7-9H2,1-3H3;(H,6,7). The lowest BCUT2D eigenvalue weighted by atomic mass is 9.96. The van der Waals surface area contributed by atoms with Gasteiger partial charge >= 0.3 is 12.1 Å². The van der Waals surface area contributed by atoms with Crippen molar-refractivity contribution in [1.29, 1.82) is 0 Å². The van der Waals surface area contributed by atoms with Crippen molar-refractivity contribution in [3.8, 4) is 0 Å². The number of hydrogen-bond donors (Lipinski definition) is 1. The predicted molar refractivity (Wildman–Crippen MR) is 92.1 cm³/mol. The van der Waals surface area contributed by atoms with Crippen LogP contribution in [0.15, 0.2) is 16.9 Å². The summed E-state index contributed by atoms with van der Waals surface area (Å²) in [7, 11) is 1.90. The summed E-state index contributed by atoms with van der Waals surface area (Å²) in [5, 5.41) is 15.3. The molecule has 0 saturated heterocycles. The molecule has 2 aromatic heterocycles. The summed E-state index contributed by atoms with van der Waals surface area (Å²) in [5.41, 5.74) is 2.62. The van der Waals surface area contributed by atoms with Crippen molar-refractivity contribution in [1.82, 2.24) is 19.8 Å². The molecule has 3 rings (SSSR count). The van der Waals surface area contributed by atoms with Gasteiger partial charge in [-0.25, -0.2) is 4.79 Å². The zero-order valence-corrected chi connectivity index (χ0v) is 16.1. The third kappa shape index (κ3) is 5.56. The van der Waals surface area contributed by atoms with Crippen molar-refractivity contribution in [2.45, 2.75) is 32.5 Å². The minimum absolute atomic E-state index is 0.0604. The number of aromatic nitrogens is 3. The molecule has 29 heavy (non-hydrogen) atoms. The van der Waals surface area contributed by atoms with E-state index in [-0.39, 0.29) is 11.8 Å². The zero-order valence-electron chi connectivity index (χ0n) is 16.1. The van der Waals surface area contributed by atoms with Gasteiger partial charge in [0.1, 0.15) is 11.3 Å². The van der Waals surface area contributed by atoms with E-state index in [0.717, 1.165) is 11.3 Å². The van der Waals surface area contributed by atoms with Crippen LogP contribution in [0.1, 0.15) is 40.2 Å². The van der Waals surface area contributed by atoms with E-state index in [9.17, 15) is 18.0 Å². The molecule has 3 heterocycles. The molecule has 0 radical (unpaired) electrons. The van der Waals surface area contributed by atoms with E-state index in [4.69, 9.17) is 19.2 Å². The summed E-state index contributed by atoms with van der Waals surface area (Å²) < 4.78 is 44.1. The smallest absolute Gasteiger partial charge is 0.475 e. The molecule has 0 saturated carbocycles. The molecule has 1 aliphatic rings. The topological polar surface area (TPSA) is 111 Å². The maximum Gasteiger partial charge on any atom is 0.490 e. The van der Waals surface area contributed by atoms with E-state index in [0.29, 0.717) is 37.6 Å². The predicted octanol–water partition coefficient (Wildman–Crippen LogP) is 2.13. The Labute approximate surface area is 164 Å². The average Bonchev–Trinajstić information content (AvgIpc) is 3.23. The van der Waals surface area contributed by atoms with E-state index in [2.05, 4.69) is 10.3 Å². The van der Waals surface area contributed by atoms with Crippen molar-refractivity contribution < 1.29 is 37.1 Å². The lowest BCUT2D eigenvalue weighted by Crippen LogP contribution is -2.39. The van der Waals surface area contributed by atoms with Crippen LogP contribution in [0.3, 0.4) is 0 Å². The number of carboxylic acids is 1. The fraction of sp³-hybridized carbons (Fsp3) is 0.529. The second kappa shape index (κ2) is 9.07. The molecule has 160 valence electrons. The van der Waals surface area contributed by atoms with Crippen molar-refractivity contribution in [3.05, 3.63) is 35.0 Å². The number of carbonyl (C=O) groups is 2. The van der Waals surface area contributed by atoms with Crippen LogP contribution in [0.2, 0.25) is 0 Å². The Bertz CT molecular complexity index is 862. The number of nitrogens with zero attached hydrogens (tertiary/aromatic N) is 4. The normalized spacial score (nSPS) is 16.1. The maximum absolute atomic E-state index is 12.7. The van der Waals surface area contributed by atoms with Gasteiger partial charge in [-0.05, 0) is 13.8 Å². The number of alkyl halides is 3. The Hall–Kier alpha value is -2.89. The first kappa shape index (κ1) is 22.4. The number of fused-ring (bicyclic) bond motifs is 1. The molecule has 1 atom stereocenters. The van der Waals surface area contributed by atoms with E-state index >= 15 is 0 Å². The number of aryl methyl sites for hydroxylation is 2. The van der Waals surface area contributed by atoms with Gasteiger partial charge in [-0.2, -0.15) is 18.3 Å². The maximum atomic E-state index is 12.7. The van der Waals surface area contributed by atoms with Gasteiger partial charge in [0.25, 0.3) is 5.91 Å². The summed E-state index contributed by atoms with van der Waals surface area (Å²) >= 11 is 0. The van der Waals surface area contributed by atoms with Crippen molar-refractivity contribution in [3.63, 3.8) is 0 Å². The second-order valence-electron chi connectivity index (χ2n) is 6.35. The first-order valence-corrected chi connectivity index (χ1v) is 8.65. The molecule has 2 aromatic rings. The summed E-state index contributed by atoms with van der Waals surface area (Å²) in [6.45, 7) is 6.07. The number of aliphatic carboxylic acids is 1. The van der Waals surface area contributed by atoms with Gasteiger partial charge < -0.3 is 19.3 Å². The molecular weight excluding hydrogens is 397 g/mol. The Morgan fingerprint density at radius 1 is 1.41 bits per heavy atom. The molecule has 1 amide bonds. The quantitative estimate of drug-likeness (QED) is 0.810. The van der Waals surface area contributed by atoms with Crippen LogP contribution >= 0.6 is 0 Å². The highest BCUT2D eigenvalue weighted by Gasteiger charge is 2.38. The van der Waals surface area contributed by atoms with Gasteiger partial charge in [-0.3, -0.25) is 9.48 Å². The second-order valence-corrected chi connectivity index (χ2v) is 6.35. The molecule has 0 aliphatic carbocycles. The van der Waals surface area contributed by atoms with Crippen LogP contribution in [0.4, 0.5) is 13.2 Å². The van der Waals surface area contributed by atoms with Crippen LogP contribution in [-0.2, 0) is 23.1 Å². The summed E-state index contributed by atoms with van der Waals surface area (Å²) in [5.74, 6) is -2.18. The molecule has 1 aliphatic heterocycles. The molecule has 1 unspecified atom stereocenters. The Balaban J connectivity index is 0.000000370. The lowest BCUT2D eigenvalue weighted by molar-refractivity contribution is -0.192. The third-order valence-electron chi connectivity index (χ3n) is 4.16. The van der Waals surface area contributed by atoms with Crippen LogP contribution in [0, 0.1) is 6.92 Å². The van der Waals surface area contributed by atoms with E-state index in [1.807, 2.05) is 25.1 Å². The molecule has 1 N–H and O–H groups in total. The zero-order chi connectivity index (χ0) is 21.8. The van der Waals surface area contributed by atoms with Crippen LogP contribution in [0.5, 0.6) is 0 Å². The fourth-order valence-corrected chi connectivity index (χ4v) is 2.86. The molecule has 0 fully saturated rings. The first-order chi connectivity index (χ1) is 13.5. The number of halogens is 3. The lowest BCUT2D eigenvalue weighted by Gasteiger charge is -2.31. The fourth-order valence-electron chi connectivity index (χ4n) is 2.86. The highest BCUT2D eigenvalue weighted by Crippen LogP contribution is 2.28. The average molecular weight is 418 g/mol. The van der Waals surface area contributed by atoms with Crippen LogP contribution in [-0.4, -0.2) is 62.8 Å². The highest BCUT2D eigenvalue weighted by molar-refractivity contribution is 5.94. The largest absolute Gasteiger partial charge is 0.490 e.